The lowest BCUT2D eigenvalue weighted by Gasteiger charge is -2.49. The highest BCUT2D eigenvalue weighted by atomic mass is 79.9. The van der Waals surface area contributed by atoms with Gasteiger partial charge in [0.2, 0.25) is 23.6 Å². The van der Waals surface area contributed by atoms with Crippen LogP contribution in [0.25, 0.3) is 0 Å². The predicted molar refractivity (Wildman–Crippen MR) is 178 cm³/mol. The summed E-state index contributed by atoms with van der Waals surface area (Å²) in [6.07, 6.45) is 2.57. The largest absolute Gasteiger partial charge is 0.503 e. The number of ether oxygens (including phenoxy) is 1. The highest BCUT2D eigenvalue weighted by Gasteiger charge is 2.68. The first-order valence-corrected chi connectivity index (χ1v) is 16.9. The summed E-state index contributed by atoms with van der Waals surface area (Å²) in [4.78, 5) is 59.5. The molecule has 230 valence electrons. The second-order valence-corrected chi connectivity index (χ2v) is 14.6. The first kappa shape index (κ1) is 30.4. The average Bonchev–Trinajstić information content (AvgIpc) is 3.41. The minimum absolute atomic E-state index is 0.110. The number of benzene rings is 3. The third kappa shape index (κ3) is 4.26. The van der Waals surface area contributed by atoms with Crippen molar-refractivity contribution < 1.29 is 29.0 Å². The SMILES string of the molecule is COc1cc(C2C3=CCC4C(=O)N(c5ccc(Br)cc5)C(=O)C4C3CC3C(=O)N(c4ccccc4)C(=O)C32C)c(Br)c(Br)c1O. The number of phenolic OH excluding ortho intramolecular Hbond substituents is 1. The van der Waals surface area contributed by atoms with Crippen LogP contribution in [0.1, 0.15) is 31.2 Å². The molecule has 3 aromatic rings. The Hall–Kier alpha value is -3.28. The Bertz CT molecular complexity index is 1830. The standard InChI is InChI=1S/C34H27Br3N2O6/c1-34-23(31(42)39(33(34)44)17-6-4-3-5-7-17)14-21-19(26(34)22-15-24(45-2)29(40)28(37)27(22)36)12-13-20-25(21)32(43)38(30(20)41)18-10-8-16(35)9-11-18/h3-12,15,20-21,23,25-26,40H,13-14H2,1-2H3. The minimum atomic E-state index is -1.23. The maximum absolute atomic E-state index is 14.6. The number of amides is 4. The molecule has 4 amide bonds. The Morgan fingerprint density at radius 3 is 2.18 bits per heavy atom. The van der Waals surface area contributed by atoms with Crippen molar-refractivity contribution in [3.8, 4) is 11.5 Å². The quantitative estimate of drug-likeness (QED) is 0.223. The van der Waals surface area contributed by atoms with Gasteiger partial charge in [-0.25, -0.2) is 4.90 Å². The average molecular weight is 799 g/mol. The van der Waals surface area contributed by atoms with Gasteiger partial charge in [-0.05, 0) is 106 Å². The molecule has 0 bridgehead atoms. The van der Waals surface area contributed by atoms with Gasteiger partial charge in [-0.1, -0.05) is 45.8 Å². The molecule has 2 heterocycles. The van der Waals surface area contributed by atoms with E-state index in [1.54, 1.807) is 54.6 Å². The Kier molecular flexibility index (Phi) is 7.37. The molecular formula is C34H27Br3N2O6. The van der Waals surface area contributed by atoms with Crippen molar-refractivity contribution in [3.05, 3.63) is 91.3 Å². The number of aromatic hydroxyl groups is 1. The number of fused-ring (bicyclic) bond motifs is 4. The van der Waals surface area contributed by atoms with E-state index in [4.69, 9.17) is 4.74 Å². The number of anilines is 2. The molecule has 3 fully saturated rings. The number of phenols is 1. The maximum atomic E-state index is 14.6. The van der Waals surface area contributed by atoms with E-state index >= 15 is 0 Å². The fourth-order valence-corrected chi connectivity index (χ4v) is 9.22. The molecule has 0 spiro atoms. The number of carbonyl (C=O) groups excluding carboxylic acids is 4. The van der Waals surface area contributed by atoms with Crippen LogP contribution in [0.3, 0.4) is 0 Å². The van der Waals surface area contributed by atoms with Gasteiger partial charge >= 0.3 is 0 Å². The van der Waals surface area contributed by atoms with Crippen LogP contribution in [-0.4, -0.2) is 35.8 Å². The van der Waals surface area contributed by atoms with Crippen molar-refractivity contribution in [2.45, 2.75) is 25.7 Å². The van der Waals surface area contributed by atoms with Crippen LogP contribution >= 0.6 is 47.8 Å². The number of rotatable bonds is 4. The normalized spacial score (nSPS) is 29.0. The van der Waals surface area contributed by atoms with E-state index < -0.39 is 35.0 Å². The third-order valence-corrected chi connectivity index (χ3v) is 12.8. The predicted octanol–water partition coefficient (Wildman–Crippen LogP) is 7.12. The second-order valence-electron chi connectivity index (χ2n) is 12.1. The molecule has 8 nitrogen and oxygen atoms in total. The van der Waals surface area contributed by atoms with Gasteiger partial charge in [0.05, 0.1) is 46.1 Å². The van der Waals surface area contributed by atoms with Gasteiger partial charge in [0.25, 0.3) is 0 Å². The van der Waals surface area contributed by atoms with Crippen LogP contribution in [0.2, 0.25) is 0 Å². The van der Waals surface area contributed by atoms with E-state index in [1.165, 1.54) is 16.9 Å². The first-order chi connectivity index (χ1) is 21.5. The van der Waals surface area contributed by atoms with Crippen molar-refractivity contribution in [2.24, 2.45) is 29.1 Å². The number of carbonyl (C=O) groups is 4. The minimum Gasteiger partial charge on any atom is -0.503 e. The Balaban J connectivity index is 1.41. The summed E-state index contributed by atoms with van der Waals surface area (Å²) >= 11 is 10.5. The molecule has 1 saturated carbocycles. The zero-order valence-electron chi connectivity index (χ0n) is 24.2. The van der Waals surface area contributed by atoms with Gasteiger partial charge in [0.15, 0.2) is 11.5 Å². The lowest BCUT2D eigenvalue weighted by molar-refractivity contribution is -0.131. The topological polar surface area (TPSA) is 104 Å². The van der Waals surface area contributed by atoms with Gasteiger partial charge in [-0.15, -0.1) is 0 Å². The molecule has 2 aliphatic heterocycles. The fraction of sp³-hybridized carbons (Fsp3) is 0.294. The number of allylic oxidation sites excluding steroid dienone is 2. The Morgan fingerprint density at radius 1 is 0.844 bits per heavy atom. The molecule has 1 N–H and O–H groups in total. The fourth-order valence-electron chi connectivity index (χ4n) is 8.00. The van der Waals surface area contributed by atoms with Crippen LogP contribution in [0.4, 0.5) is 11.4 Å². The zero-order chi connectivity index (χ0) is 31.9. The molecule has 2 aliphatic carbocycles. The second kappa shape index (κ2) is 10.9. The first-order valence-electron chi connectivity index (χ1n) is 14.5. The van der Waals surface area contributed by atoms with Gasteiger partial charge < -0.3 is 9.84 Å². The van der Waals surface area contributed by atoms with Crippen LogP contribution < -0.4 is 14.5 Å². The van der Waals surface area contributed by atoms with Gasteiger partial charge in [-0.2, -0.15) is 0 Å². The van der Waals surface area contributed by atoms with Gasteiger partial charge in [-0.3, -0.25) is 24.1 Å². The van der Waals surface area contributed by atoms with Crippen LogP contribution in [-0.2, 0) is 19.2 Å². The van der Waals surface area contributed by atoms with Crippen molar-refractivity contribution >= 4 is 82.8 Å². The number of para-hydroxylation sites is 1. The van der Waals surface area contributed by atoms with Crippen LogP contribution in [0.15, 0.2) is 85.7 Å². The summed E-state index contributed by atoms with van der Waals surface area (Å²) in [5.74, 6) is -4.33. The number of methoxy groups -OCH3 is 1. The van der Waals surface area contributed by atoms with E-state index in [9.17, 15) is 24.3 Å². The highest BCUT2D eigenvalue weighted by molar-refractivity contribution is 9.13. The highest BCUT2D eigenvalue weighted by Crippen LogP contribution is 2.65. The van der Waals surface area contributed by atoms with Crippen molar-refractivity contribution in [2.75, 3.05) is 16.9 Å². The molecule has 7 rings (SSSR count). The maximum Gasteiger partial charge on any atom is 0.241 e. The molecule has 2 saturated heterocycles. The smallest absolute Gasteiger partial charge is 0.241 e. The Morgan fingerprint density at radius 2 is 1.51 bits per heavy atom. The van der Waals surface area contributed by atoms with Crippen molar-refractivity contribution in [1.82, 2.24) is 0 Å². The summed E-state index contributed by atoms with van der Waals surface area (Å²) in [5.41, 5.74) is 1.22. The van der Waals surface area contributed by atoms with Crippen LogP contribution in [0.5, 0.6) is 11.5 Å². The molecule has 0 radical (unpaired) electrons. The van der Waals surface area contributed by atoms with Crippen molar-refractivity contribution in [1.29, 1.82) is 0 Å². The lowest BCUT2D eigenvalue weighted by atomic mass is 9.51. The molecule has 0 aromatic heterocycles. The van der Waals surface area contributed by atoms with E-state index in [1.807, 2.05) is 19.1 Å². The van der Waals surface area contributed by atoms with E-state index in [0.717, 1.165) is 10.0 Å². The van der Waals surface area contributed by atoms with E-state index in [0.29, 0.717) is 32.3 Å². The summed E-state index contributed by atoms with van der Waals surface area (Å²) in [7, 11) is 1.44. The third-order valence-electron chi connectivity index (χ3n) is 10.1. The number of hydrogen-bond donors (Lipinski definition) is 1. The monoisotopic (exact) mass is 796 g/mol. The summed E-state index contributed by atoms with van der Waals surface area (Å²) in [5, 5.41) is 10.8. The molecular weight excluding hydrogens is 772 g/mol. The molecule has 3 aromatic carbocycles. The van der Waals surface area contributed by atoms with Gasteiger partial charge in [0.1, 0.15) is 0 Å². The molecule has 4 aliphatic rings. The Labute approximate surface area is 284 Å². The zero-order valence-corrected chi connectivity index (χ0v) is 28.9. The molecule has 11 heteroatoms. The summed E-state index contributed by atoms with van der Waals surface area (Å²) < 4.78 is 7.20. The summed E-state index contributed by atoms with van der Waals surface area (Å²) in [6.45, 7) is 1.82. The molecule has 6 atom stereocenters. The number of hydrogen-bond acceptors (Lipinski definition) is 6. The lowest BCUT2D eigenvalue weighted by Crippen LogP contribution is -2.49. The molecule has 45 heavy (non-hydrogen) atoms. The van der Waals surface area contributed by atoms with E-state index in [2.05, 4.69) is 47.8 Å². The van der Waals surface area contributed by atoms with Crippen LogP contribution in [0, 0.1) is 29.1 Å². The van der Waals surface area contributed by atoms with E-state index in [-0.39, 0.29) is 41.5 Å². The molecule has 6 unspecified atom stereocenters. The van der Waals surface area contributed by atoms with Gasteiger partial charge in [0, 0.05) is 14.9 Å². The number of nitrogens with zero attached hydrogens (tertiary/aromatic N) is 2. The van der Waals surface area contributed by atoms with Crippen molar-refractivity contribution in [3.63, 3.8) is 0 Å². The summed E-state index contributed by atoms with van der Waals surface area (Å²) in [6, 6.07) is 17.6. The number of halogens is 3. The number of imide groups is 2.